The van der Waals surface area contributed by atoms with E-state index in [9.17, 15) is 9.90 Å². The predicted molar refractivity (Wildman–Crippen MR) is 89.6 cm³/mol. The quantitative estimate of drug-likeness (QED) is 0.806. The van der Waals surface area contributed by atoms with Crippen LogP contribution >= 0.6 is 0 Å². The molecule has 5 nitrogen and oxygen atoms in total. The minimum absolute atomic E-state index is 0.253. The standard InChI is InChI=1S/C18H23N3O2/c1-9-13-6-10(18(13,2)3)7-14(9)21-15-11-4-5-19-16(11)20-8-12(15)17(22)23/h4-5,8-10,13-14H,6-7H2,1-3H3,(H,22,23)(H2,19,20,21)/t9-,10+,13-,14-/m0/s1. The largest absolute Gasteiger partial charge is 0.478 e. The number of carboxylic acid groups (broad SMARTS) is 1. The van der Waals surface area contributed by atoms with Gasteiger partial charge in [-0.1, -0.05) is 20.8 Å². The first-order valence-electron chi connectivity index (χ1n) is 8.35. The third kappa shape index (κ3) is 1.98. The van der Waals surface area contributed by atoms with Gasteiger partial charge in [0.15, 0.2) is 0 Å². The first kappa shape index (κ1) is 14.5. The average molecular weight is 313 g/mol. The summed E-state index contributed by atoms with van der Waals surface area (Å²) in [6.07, 6.45) is 5.67. The van der Waals surface area contributed by atoms with Crippen molar-refractivity contribution in [3.05, 3.63) is 24.0 Å². The average Bonchev–Trinajstić information content (AvgIpc) is 2.97. The van der Waals surface area contributed by atoms with Gasteiger partial charge in [0.1, 0.15) is 11.2 Å². The van der Waals surface area contributed by atoms with Crippen LogP contribution in [-0.2, 0) is 0 Å². The Bertz CT molecular complexity index is 780. The van der Waals surface area contributed by atoms with Gasteiger partial charge in [-0.05, 0) is 42.1 Å². The Morgan fingerprint density at radius 3 is 2.87 bits per heavy atom. The Morgan fingerprint density at radius 1 is 1.43 bits per heavy atom. The van der Waals surface area contributed by atoms with Crippen LogP contribution in [0.5, 0.6) is 0 Å². The monoisotopic (exact) mass is 313 g/mol. The van der Waals surface area contributed by atoms with Crippen molar-refractivity contribution in [1.29, 1.82) is 0 Å². The van der Waals surface area contributed by atoms with Crippen LogP contribution in [0, 0.1) is 23.2 Å². The second-order valence-corrected chi connectivity index (χ2v) is 7.80. The lowest BCUT2D eigenvalue weighted by molar-refractivity contribution is -0.105. The molecule has 0 unspecified atom stereocenters. The highest BCUT2D eigenvalue weighted by atomic mass is 16.4. The highest BCUT2D eigenvalue weighted by Crippen LogP contribution is 2.61. The summed E-state index contributed by atoms with van der Waals surface area (Å²) in [7, 11) is 0. The Labute approximate surface area is 135 Å². The molecule has 3 fully saturated rings. The number of carboxylic acids is 1. The van der Waals surface area contributed by atoms with Gasteiger partial charge in [0.25, 0.3) is 0 Å². The van der Waals surface area contributed by atoms with E-state index in [1.807, 2.05) is 6.07 Å². The van der Waals surface area contributed by atoms with Crippen molar-refractivity contribution in [2.45, 2.75) is 39.7 Å². The number of aromatic carboxylic acids is 1. The summed E-state index contributed by atoms with van der Waals surface area (Å²) in [6, 6.07) is 2.22. The van der Waals surface area contributed by atoms with E-state index >= 15 is 0 Å². The zero-order valence-corrected chi connectivity index (χ0v) is 13.8. The summed E-state index contributed by atoms with van der Waals surface area (Å²) in [6.45, 7) is 7.05. The molecule has 2 aromatic heterocycles. The molecule has 0 radical (unpaired) electrons. The molecule has 0 spiro atoms. The maximum absolute atomic E-state index is 11.6. The van der Waals surface area contributed by atoms with Gasteiger partial charge in [0, 0.05) is 23.8 Å². The summed E-state index contributed by atoms with van der Waals surface area (Å²) in [5.41, 5.74) is 2.11. The van der Waals surface area contributed by atoms with E-state index in [1.54, 1.807) is 6.20 Å². The van der Waals surface area contributed by atoms with E-state index < -0.39 is 5.97 Å². The molecule has 122 valence electrons. The van der Waals surface area contributed by atoms with Crippen molar-refractivity contribution < 1.29 is 9.90 Å². The number of rotatable bonds is 3. The van der Waals surface area contributed by atoms with Gasteiger partial charge in [-0.25, -0.2) is 9.78 Å². The number of nitrogens with zero attached hydrogens (tertiary/aromatic N) is 1. The summed E-state index contributed by atoms with van der Waals surface area (Å²) in [5, 5.41) is 13.9. The Hall–Kier alpha value is -2.04. The summed E-state index contributed by atoms with van der Waals surface area (Å²) >= 11 is 0. The molecule has 23 heavy (non-hydrogen) atoms. The molecule has 3 aliphatic rings. The molecule has 0 amide bonds. The molecule has 0 aromatic carbocycles. The van der Waals surface area contributed by atoms with Gasteiger partial charge in [-0.3, -0.25) is 0 Å². The van der Waals surface area contributed by atoms with E-state index in [0.717, 1.165) is 29.3 Å². The normalized spacial score (nSPS) is 31.6. The van der Waals surface area contributed by atoms with E-state index in [-0.39, 0.29) is 5.56 Å². The number of anilines is 1. The van der Waals surface area contributed by atoms with Gasteiger partial charge in [-0.15, -0.1) is 0 Å². The summed E-state index contributed by atoms with van der Waals surface area (Å²) in [4.78, 5) is 18.9. The maximum atomic E-state index is 11.6. The predicted octanol–water partition coefficient (Wildman–Crippen LogP) is 3.74. The fourth-order valence-electron chi connectivity index (χ4n) is 4.85. The molecule has 0 saturated heterocycles. The third-order valence-electron chi connectivity index (χ3n) is 6.50. The molecule has 5 rings (SSSR count). The minimum atomic E-state index is -0.933. The Morgan fingerprint density at radius 2 is 2.22 bits per heavy atom. The topological polar surface area (TPSA) is 78.0 Å². The van der Waals surface area contributed by atoms with Crippen LogP contribution in [0.15, 0.2) is 18.5 Å². The number of aromatic nitrogens is 2. The van der Waals surface area contributed by atoms with Gasteiger partial charge in [0.2, 0.25) is 0 Å². The number of pyridine rings is 1. The zero-order chi connectivity index (χ0) is 16.4. The highest BCUT2D eigenvalue weighted by molar-refractivity contribution is 6.03. The molecule has 3 N–H and O–H groups in total. The van der Waals surface area contributed by atoms with Crippen molar-refractivity contribution in [3.8, 4) is 0 Å². The first-order valence-corrected chi connectivity index (χ1v) is 8.35. The number of carbonyl (C=O) groups is 1. The van der Waals surface area contributed by atoms with Crippen molar-refractivity contribution >= 4 is 22.7 Å². The molecule has 5 heteroatoms. The van der Waals surface area contributed by atoms with E-state index in [2.05, 4.69) is 36.1 Å². The fraction of sp³-hybridized carbons (Fsp3) is 0.556. The van der Waals surface area contributed by atoms with Crippen LogP contribution in [0.25, 0.3) is 11.0 Å². The smallest absolute Gasteiger partial charge is 0.339 e. The molecule has 0 aliphatic heterocycles. The van der Waals surface area contributed by atoms with Crippen molar-refractivity contribution in [2.24, 2.45) is 23.2 Å². The number of hydrogen-bond donors (Lipinski definition) is 3. The van der Waals surface area contributed by atoms with Gasteiger partial charge in [0.05, 0.1) is 5.69 Å². The van der Waals surface area contributed by atoms with E-state index in [0.29, 0.717) is 23.1 Å². The van der Waals surface area contributed by atoms with Crippen LogP contribution in [-0.4, -0.2) is 27.1 Å². The highest BCUT2D eigenvalue weighted by Gasteiger charge is 2.56. The van der Waals surface area contributed by atoms with Crippen LogP contribution < -0.4 is 5.32 Å². The van der Waals surface area contributed by atoms with Crippen LogP contribution in [0.3, 0.4) is 0 Å². The lowest BCUT2D eigenvalue weighted by Gasteiger charge is -2.62. The molecular formula is C18H23N3O2. The van der Waals surface area contributed by atoms with Crippen molar-refractivity contribution in [3.63, 3.8) is 0 Å². The summed E-state index contributed by atoms with van der Waals surface area (Å²) in [5.74, 6) is 1.06. The zero-order valence-electron chi connectivity index (χ0n) is 13.8. The van der Waals surface area contributed by atoms with Crippen molar-refractivity contribution in [1.82, 2.24) is 9.97 Å². The first-order chi connectivity index (χ1) is 10.9. The van der Waals surface area contributed by atoms with E-state index in [4.69, 9.17) is 0 Å². The van der Waals surface area contributed by atoms with Gasteiger partial charge < -0.3 is 15.4 Å². The van der Waals surface area contributed by atoms with E-state index in [1.165, 1.54) is 12.6 Å². The lowest BCUT2D eigenvalue weighted by atomic mass is 9.45. The van der Waals surface area contributed by atoms with Crippen molar-refractivity contribution in [2.75, 3.05) is 5.32 Å². The SMILES string of the molecule is C[C@@H]1[C@@H](Nc2c(C(=O)O)cnc3[nH]ccc23)C[C@H]2C[C@@H]1C2(C)C. The van der Waals surface area contributed by atoms with Gasteiger partial charge in [-0.2, -0.15) is 0 Å². The molecule has 3 saturated carbocycles. The maximum Gasteiger partial charge on any atom is 0.339 e. The summed E-state index contributed by atoms with van der Waals surface area (Å²) < 4.78 is 0. The third-order valence-corrected chi connectivity index (χ3v) is 6.50. The molecule has 2 bridgehead atoms. The number of H-pyrrole nitrogens is 1. The van der Waals surface area contributed by atoms with Gasteiger partial charge >= 0.3 is 5.97 Å². The number of aromatic amines is 1. The number of hydrogen-bond acceptors (Lipinski definition) is 3. The molecule has 2 aromatic rings. The molecule has 3 aliphatic carbocycles. The molecular weight excluding hydrogens is 290 g/mol. The minimum Gasteiger partial charge on any atom is -0.478 e. The Balaban J connectivity index is 1.69. The molecule has 4 atom stereocenters. The van der Waals surface area contributed by atoms with Crippen LogP contribution in [0.2, 0.25) is 0 Å². The lowest BCUT2D eigenvalue weighted by Crippen LogP contribution is -2.58. The van der Waals surface area contributed by atoms with Crippen LogP contribution in [0.1, 0.15) is 44.0 Å². The number of nitrogens with one attached hydrogen (secondary N) is 2. The second kappa shape index (κ2) is 4.73. The van der Waals surface area contributed by atoms with Crippen LogP contribution in [0.4, 0.5) is 5.69 Å². The molecule has 2 heterocycles. The number of fused-ring (bicyclic) bond motifs is 3. The Kier molecular flexibility index (Phi) is 2.99. The fourth-order valence-corrected chi connectivity index (χ4v) is 4.85. The second-order valence-electron chi connectivity index (χ2n) is 7.80.